The topological polar surface area (TPSA) is 59.8 Å². The molecule has 25 heavy (non-hydrogen) atoms. The average Bonchev–Trinajstić information content (AvgIpc) is 3.17. The van der Waals surface area contributed by atoms with Gasteiger partial charge in [0.1, 0.15) is 11.6 Å². The molecule has 0 aliphatic carbocycles. The lowest BCUT2D eigenvalue weighted by molar-refractivity contribution is 0.0931. The molecule has 0 spiro atoms. The second kappa shape index (κ2) is 6.22. The molecule has 1 aromatic carbocycles. The largest absolute Gasteiger partial charge is 0.341 e. The highest BCUT2D eigenvalue weighted by Crippen LogP contribution is 2.33. The van der Waals surface area contributed by atoms with E-state index >= 15 is 0 Å². The third-order valence-electron chi connectivity index (χ3n) is 4.65. The van der Waals surface area contributed by atoms with Crippen LogP contribution in [-0.4, -0.2) is 20.7 Å². The summed E-state index contributed by atoms with van der Waals surface area (Å²) in [6, 6.07) is 4.80. The molecule has 0 bridgehead atoms. The minimum Gasteiger partial charge on any atom is -0.341 e. The molecule has 0 saturated heterocycles. The van der Waals surface area contributed by atoms with E-state index in [2.05, 4.69) is 15.4 Å². The van der Waals surface area contributed by atoms with Crippen LogP contribution in [-0.2, 0) is 13.0 Å². The Morgan fingerprint density at radius 1 is 1.48 bits per heavy atom. The Kier molecular flexibility index (Phi) is 4.03. The van der Waals surface area contributed by atoms with Crippen LogP contribution in [0.4, 0.5) is 4.39 Å². The molecular formula is C18H19FN4OS. The van der Waals surface area contributed by atoms with Crippen molar-refractivity contribution in [3.63, 3.8) is 0 Å². The minimum atomic E-state index is -0.282. The zero-order valence-electron chi connectivity index (χ0n) is 14.2. The third-order valence-corrected chi connectivity index (χ3v) is 5.91. The number of aryl methyl sites for hydroxylation is 3. The van der Waals surface area contributed by atoms with E-state index in [-0.39, 0.29) is 17.8 Å². The third kappa shape index (κ3) is 2.72. The molecule has 0 fully saturated rings. The SMILES string of the molecule is CCc1nc2n(n1)CCC[C@@H]2NC(=O)c1sc2cccc(F)c2c1C. The van der Waals surface area contributed by atoms with E-state index in [4.69, 9.17) is 0 Å². The van der Waals surface area contributed by atoms with Crippen molar-refractivity contribution in [2.45, 2.75) is 45.7 Å². The van der Waals surface area contributed by atoms with Crippen LogP contribution in [0.3, 0.4) is 0 Å². The van der Waals surface area contributed by atoms with E-state index in [1.165, 1.54) is 17.4 Å². The highest BCUT2D eigenvalue weighted by atomic mass is 32.1. The molecule has 4 rings (SSSR count). The molecule has 5 nitrogen and oxygen atoms in total. The van der Waals surface area contributed by atoms with Gasteiger partial charge in [0, 0.05) is 23.1 Å². The van der Waals surface area contributed by atoms with Gasteiger partial charge in [-0.25, -0.2) is 14.1 Å². The Morgan fingerprint density at radius 3 is 3.08 bits per heavy atom. The molecule has 1 aliphatic rings. The highest BCUT2D eigenvalue weighted by Gasteiger charge is 2.27. The Labute approximate surface area is 148 Å². The van der Waals surface area contributed by atoms with E-state index in [9.17, 15) is 9.18 Å². The van der Waals surface area contributed by atoms with Crippen molar-refractivity contribution in [3.8, 4) is 0 Å². The van der Waals surface area contributed by atoms with Gasteiger partial charge in [-0.05, 0) is 37.5 Å². The molecule has 2 aromatic heterocycles. The number of hydrogen-bond donors (Lipinski definition) is 1. The van der Waals surface area contributed by atoms with Crippen molar-refractivity contribution in [2.75, 3.05) is 0 Å². The van der Waals surface area contributed by atoms with Crippen LogP contribution >= 0.6 is 11.3 Å². The number of thiophene rings is 1. The number of carbonyl (C=O) groups excluding carboxylic acids is 1. The highest BCUT2D eigenvalue weighted by molar-refractivity contribution is 7.21. The van der Waals surface area contributed by atoms with Gasteiger partial charge in [0.15, 0.2) is 5.82 Å². The number of carbonyl (C=O) groups is 1. The number of aromatic nitrogens is 3. The van der Waals surface area contributed by atoms with E-state index in [1.54, 1.807) is 13.0 Å². The standard InChI is InChI=1S/C18H19FN4OS/c1-3-14-21-17-12(7-5-9-23(17)22-14)20-18(24)16-10(2)15-11(19)6-4-8-13(15)25-16/h4,6,8,12H,3,5,7,9H2,1-2H3,(H,20,24)/t12-/m0/s1. The molecule has 0 saturated carbocycles. The molecule has 0 unspecified atom stereocenters. The average molecular weight is 358 g/mol. The zero-order chi connectivity index (χ0) is 17.6. The lowest BCUT2D eigenvalue weighted by Gasteiger charge is -2.23. The van der Waals surface area contributed by atoms with Crippen LogP contribution < -0.4 is 5.32 Å². The number of benzene rings is 1. The van der Waals surface area contributed by atoms with Gasteiger partial charge in [0.25, 0.3) is 5.91 Å². The van der Waals surface area contributed by atoms with E-state index in [0.717, 1.165) is 42.2 Å². The number of hydrogen-bond acceptors (Lipinski definition) is 4. The van der Waals surface area contributed by atoms with Gasteiger partial charge in [0.05, 0.1) is 10.9 Å². The predicted octanol–water partition coefficient (Wildman–Crippen LogP) is 3.77. The number of nitrogens with one attached hydrogen (secondary N) is 1. The van der Waals surface area contributed by atoms with Gasteiger partial charge in [-0.2, -0.15) is 5.10 Å². The number of rotatable bonds is 3. The van der Waals surface area contributed by atoms with Gasteiger partial charge in [-0.15, -0.1) is 11.3 Å². The smallest absolute Gasteiger partial charge is 0.262 e. The molecule has 1 amide bonds. The second-order valence-electron chi connectivity index (χ2n) is 6.30. The van der Waals surface area contributed by atoms with E-state index in [1.807, 2.05) is 17.7 Å². The van der Waals surface area contributed by atoms with E-state index in [0.29, 0.717) is 15.8 Å². The molecular weight excluding hydrogens is 339 g/mol. The first kappa shape index (κ1) is 16.2. The fourth-order valence-electron chi connectivity index (χ4n) is 3.38. The van der Waals surface area contributed by atoms with Gasteiger partial charge >= 0.3 is 0 Å². The van der Waals surface area contributed by atoms with Gasteiger partial charge < -0.3 is 5.32 Å². The zero-order valence-corrected chi connectivity index (χ0v) is 15.0. The summed E-state index contributed by atoms with van der Waals surface area (Å²) in [5.74, 6) is 1.17. The summed E-state index contributed by atoms with van der Waals surface area (Å²) in [5.41, 5.74) is 0.696. The van der Waals surface area contributed by atoms with Crippen LogP contribution in [0, 0.1) is 12.7 Å². The molecule has 7 heteroatoms. The predicted molar refractivity (Wildman–Crippen MR) is 95.4 cm³/mol. The maximum Gasteiger partial charge on any atom is 0.262 e. The summed E-state index contributed by atoms with van der Waals surface area (Å²) in [5, 5.41) is 8.09. The van der Waals surface area contributed by atoms with Crippen LogP contribution in [0.1, 0.15) is 52.7 Å². The molecule has 3 heterocycles. The van der Waals surface area contributed by atoms with Crippen molar-refractivity contribution < 1.29 is 9.18 Å². The lowest BCUT2D eigenvalue weighted by atomic mass is 10.1. The number of fused-ring (bicyclic) bond motifs is 2. The first-order valence-corrected chi connectivity index (χ1v) is 9.32. The Balaban J connectivity index is 1.64. The van der Waals surface area contributed by atoms with Gasteiger partial charge in [-0.3, -0.25) is 4.79 Å². The van der Waals surface area contributed by atoms with Crippen LogP contribution in [0.15, 0.2) is 18.2 Å². The fourth-order valence-corrected chi connectivity index (χ4v) is 4.51. The van der Waals surface area contributed by atoms with Crippen LogP contribution in [0.25, 0.3) is 10.1 Å². The first-order valence-electron chi connectivity index (χ1n) is 8.50. The summed E-state index contributed by atoms with van der Waals surface area (Å²) in [4.78, 5) is 17.9. The molecule has 1 N–H and O–H groups in total. The minimum absolute atomic E-state index is 0.150. The van der Waals surface area contributed by atoms with E-state index < -0.39 is 0 Å². The van der Waals surface area contributed by atoms with Crippen LogP contribution in [0.5, 0.6) is 0 Å². The van der Waals surface area contributed by atoms with Crippen molar-refractivity contribution in [1.82, 2.24) is 20.1 Å². The molecule has 1 atom stereocenters. The summed E-state index contributed by atoms with van der Waals surface area (Å²) in [6.45, 7) is 4.65. The van der Waals surface area contributed by atoms with Gasteiger partial charge in [0.2, 0.25) is 0 Å². The van der Waals surface area contributed by atoms with Crippen LogP contribution in [0.2, 0.25) is 0 Å². The summed E-state index contributed by atoms with van der Waals surface area (Å²) < 4.78 is 16.8. The first-order chi connectivity index (χ1) is 12.1. The Hall–Kier alpha value is -2.28. The maximum atomic E-state index is 14.1. The Morgan fingerprint density at radius 2 is 2.32 bits per heavy atom. The quantitative estimate of drug-likeness (QED) is 0.775. The maximum absolute atomic E-state index is 14.1. The molecule has 130 valence electrons. The van der Waals surface area contributed by atoms with Gasteiger partial charge in [-0.1, -0.05) is 13.0 Å². The van der Waals surface area contributed by atoms with Crippen molar-refractivity contribution >= 4 is 27.3 Å². The van der Waals surface area contributed by atoms with Crippen molar-refractivity contribution in [1.29, 1.82) is 0 Å². The summed E-state index contributed by atoms with van der Waals surface area (Å²) in [6.07, 6.45) is 2.56. The summed E-state index contributed by atoms with van der Waals surface area (Å²) >= 11 is 1.33. The Bertz CT molecular complexity index is 962. The number of halogens is 1. The summed E-state index contributed by atoms with van der Waals surface area (Å²) in [7, 11) is 0. The molecule has 0 radical (unpaired) electrons. The number of nitrogens with zero attached hydrogens (tertiary/aromatic N) is 3. The number of amides is 1. The lowest BCUT2D eigenvalue weighted by Crippen LogP contribution is -2.33. The normalized spacial score (nSPS) is 16.8. The fraction of sp³-hybridized carbons (Fsp3) is 0.389. The molecule has 3 aromatic rings. The molecule has 1 aliphatic heterocycles. The van der Waals surface area contributed by atoms with Crippen molar-refractivity contribution in [2.24, 2.45) is 0 Å². The monoisotopic (exact) mass is 358 g/mol. The second-order valence-corrected chi connectivity index (χ2v) is 7.35. The van der Waals surface area contributed by atoms with Crippen molar-refractivity contribution in [3.05, 3.63) is 46.1 Å².